The minimum atomic E-state index is -4.40. The monoisotopic (exact) mass is 262 g/mol. The maximum Gasteiger partial charge on any atom is 0.423 e. The first-order valence-electron chi connectivity index (χ1n) is 4.47. The number of hydrogen-bond donors (Lipinski definition) is 1. The van der Waals surface area contributed by atoms with E-state index in [4.69, 9.17) is 16.7 Å². The number of halogens is 1. The molecule has 0 fully saturated rings. The van der Waals surface area contributed by atoms with Gasteiger partial charge < -0.3 is 5.11 Å². The van der Waals surface area contributed by atoms with Gasteiger partial charge in [-0.3, -0.25) is 0 Å². The van der Waals surface area contributed by atoms with E-state index in [1.54, 1.807) is 6.08 Å². The van der Waals surface area contributed by atoms with Crippen molar-refractivity contribution >= 4 is 26.7 Å². The van der Waals surface area contributed by atoms with Gasteiger partial charge in [0.15, 0.2) is 0 Å². The van der Waals surface area contributed by atoms with Crippen LogP contribution in [0.25, 0.3) is 0 Å². The van der Waals surface area contributed by atoms with E-state index < -0.39 is 25.3 Å². The third-order valence-electron chi connectivity index (χ3n) is 2.43. The molecule has 88 valence electrons. The van der Waals surface area contributed by atoms with Gasteiger partial charge >= 0.3 is 5.30 Å². The van der Waals surface area contributed by atoms with Gasteiger partial charge in [0.05, 0.1) is 5.38 Å². The number of sulfone groups is 1. The Kier molecular flexibility index (Phi) is 3.60. The number of carbonyl (C=O) groups is 1. The van der Waals surface area contributed by atoms with Crippen LogP contribution in [0.4, 0.5) is 4.79 Å². The second-order valence-corrected chi connectivity index (χ2v) is 5.95. The van der Waals surface area contributed by atoms with Crippen LogP contribution in [-0.2, 0) is 9.84 Å². The molecule has 0 aromatic heterocycles. The van der Waals surface area contributed by atoms with Gasteiger partial charge in [-0.25, -0.2) is 13.2 Å². The van der Waals surface area contributed by atoms with Crippen molar-refractivity contribution in [1.29, 1.82) is 0 Å². The largest absolute Gasteiger partial charge is 0.470 e. The molecule has 0 aliphatic heterocycles. The summed E-state index contributed by atoms with van der Waals surface area (Å²) in [5.41, 5.74) is 0. The Balaban J connectivity index is 3.38. The highest BCUT2D eigenvalue weighted by atomic mass is 35.5. The van der Waals surface area contributed by atoms with Gasteiger partial charge in [-0.1, -0.05) is 30.4 Å². The molecule has 1 aliphatic rings. The lowest BCUT2D eigenvalue weighted by Gasteiger charge is -2.31. The summed E-state index contributed by atoms with van der Waals surface area (Å²) >= 11 is 5.92. The average Bonchev–Trinajstić information content (AvgIpc) is 2.21. The van der Waals surface area contributed by atoms with Crippen LogP contribution in [0.5, 0.6) is 0 Å². The maximum absolute atomic E-state index is 11.8. The lowest BCUT2D eigenvalue weighted by Crippen LogP contribution is -2.47. The predicted molar refractivity (Wildman–Crippen MR) is 62.4 cm³/mol. The molecule has 0 aromatic carbocycles. The quantitative estimate of drug-likeness (QED) is 0.625. The fourth-order valence-corrected chi connectivity index (χ4v) is 3.44. The second kappa shape index (κ2) is 4.43. The normalized spacial score (nSPS) is 28.9. The Morgan fingerprint density at radius 2 is 2.19 bits per heavy atom. The van der Waals surface area contributed by atoms with E-state index in [9.17, 15) is 13.2 Å². The highest BCUT2D eigenvalue weighted by molar-refractivity contribution is 8.07. The Bertz CT molecular complexity index is 463. The Labute approximate surface area is 98.8 Å². The van der Waals surface area contributed by atoms with Crippen molar-refractivity contribution in [3.8, 4) is 0 Å². The van der Waals surface area contributed by atoms with Gasteiger partial charge in [0, 0.05) is 0 Å². The van der Waals surface area contributed by atoms with Crippen molar-refractivity contribution < 1.29 is 18.3 Å². The van der Waals surface area contributed by atoms with Gasteiger partial charge in [0.1, 0.15) is 4.75 Å². The molecule has 0 saturated carbocycles. The fraction of sp³-hybridized carbons (Fsp3) is 0.300. The van der Waals surface area contributed by atoms with Gasteiger partial charge in [-0.15, -0.1) is 18.2 Å². The molecule has 4 nitrogen and oxygen atoms in total. The predicted octanol–water partition coefficient (Wildman–Crippen LogP) is 2.13. The van der Waals surface area contributed by atoms with Gasteiger partial charge in [-0.05, 0) is 6.42 Å². The van der Waals surface area contributed by atoms with Crippen LogP contribution in [0.1, 0.15) is 6.42 Å². The lowest BCUT2D eigenvalue weighted by molar-refractivity contribution is 0.218. The molecule has 0 spiro atoms. The van der Waals surface area contributed by atoms with Crippen molar-refractivity contribution in [3.63, 3.8) is 0 Å². The van der Waals surface area contributed by atoms with E-state index in [0.717, 1.165) is 0 Å². The van der Waals surface area contributed by atoms with Crippen LogP contribution in [0.3, 0.4) is 0 Å². The van der Waals surface area contributed by atoms with Crippen molar-refractivity contribution in [2.45, 2.75) is 16.5 Å². The highest BCUT2D eigenvalue weighted by Crippen LogP contribution is 2.36. The first kappa shape index (κ1) is 13.0. The molecular weight excluding hydrogens is 252 g/mol. The summed E-state index contributed by atoms with van der Waals surface area (Å²) in [5.74, 6) is 0. The Morgan fingerprint density at radius 3 is 2.62 bits per heavy atom. The van der Waals surface area contributed by atoms with Crippen molar-refractivity contribution in [3.05, 3.63) is 37.0 Å². The van der Waals surface area contributed by atoms with E-state index in [1.165, 1.54) is 24.3 Å². The van der Waals surface area contributed by atoms with Crippen molar-refractivity contribution in [2.24, 2.45) is 0 Å². The first-order chi connectivity index (χ1) is 7.38. The van der Waals surface area contributed by atoms with Crippen molar-refractivity contribution in [2.75, 3.05) is 0 Å². The number of carboxylic acid groups (broad SMARTS) is 1. The zero-order valence-electron chi connectivity index (χ0n) is 8.34. The van der Waals surface area contributed by atoms with Gasteiger partial charge in [0.2, 0.25) is 0 Å². The Hall–Kier alpha value is -1.07. The first-order valence-corrected chi connectivity index (χ1v) is 6.39. The van der Waals surface area contributed by atoms with Gasteiger partial charge in [-0.2, -0.15) is 0 Å². The number of alkyl halides is 1. The molecule has 6 heteroatoms. The summed E-state index contributed by atoms with van der Waals surface area (Å²) < 4.78 is 21.9. The summed E-state index contributed by atoms with van der Waals surface area (Å²) in [7, 11) is -4.40. The topological polar surface area (TPSA) is 71.4 Å². The molecule has 2 unspecified atom stereocenters. The van der Waals surface area contributed by atoms with Crippen molar-refractivity contribution in [1.82, 2.24) is 0 Å². The highest BCUT2D eigenvalue weighted by Gasteiger charge is 2.50. The molecule has 0 aromatic rings. The summed E-state index contributed by atoms with van der Waals surface area (Å²) in [6.07, 6.45) is 7.11. The molecule has 0 amide bonds. The van der Waals surface area contributed by atoms with E-state index in [0.29, 0.717) is 0 Å². The van der Waals surface area contributed by atoms with Crippen LogP contribution in [0.2, 0.25) is 0 Å². The molecule has 0 heterocycles. The van der Waals surface area contributed by atoms with Crippen LogP contribution in [-0.4, -0.2) is 28.9 Å². The SMILES string of the molecule is C=CCC1(S(=O)(=O)C(=O)O)C=CC=CC1Cl. The van der Waals surface area contributed by atoms with Gasteiger partial charge in [0.25, 0.3) is 9.84 Å². The third kappa shape index (κ3) is 1.81. The molecule has 16 heavy (non-hydrogen) atoms. The minimum Gasteiger partial charge on any atom is -0.470 e. The Morgan fingerprint density at radius 1 is 1.56 bits per heavy atom. The van der Waals surface area contributed by atoms with Crippen LogP contribution < -0.4 is 0 Å². The van der Waals surface area contributed by atoms with Crippen LogP contribution >= 0.6 is 11.6 Å². The smallest absolute Gasteiger partial charge is 0.423 e. The molecule has 0 saturated heterocycles. The fourth-order valence-electron chi connectivity index (χ4n) is 1.55. The van der Waals surface area contributed by atoms with E-state index >= 15 is 0 Å². The molecular formula is C10H11ClO4S. The molecule has 0 radical (unpaired) electrons. The molecule has 2 atom stereocenters. The molecule has 1 aliphatic carbocycles. The second-order valence-electron chi connectivity index (χ2n) is 3.36. The number of allylic oxidation sites excluding steroid dienone is 4. The lowest BCUT2D eigenvalue weighted by atomic mass is 9.95. The molecule has 1 rings (SSSR count). The number of rotatable bonds is 3. The summed E-state index contributed by atoms with van der Waals surface area (Å²) in [4.78, 5) is 10.8. The number of hydrogen-bond acceptors (Lipinski definition) is 3. The summed E-state index contributed by atoms with van der Waals surface area (Å²) in [5, 5.41) is 5.97. The zero-order chi connectivity index (χ0) is 12.4. The summed E-state index contributed by atoms with van der Waals surface area (Å²) in [6, 6.07) is 0. The minimum absolute atomic E-state index is 0.0450. The summed E-state index contributed by atoms with van der Waals surface area (Å²) in [6.45, 7) is 3.43. The maximum atomic E-state index is 11.8. The zero-order valence-corrected chi connectivity index (χ0v) is 9.91. The van der Waals surface area contributed by atoms with E-state index in [2.05, 4.69) is 6.58 Å². The molecule has 1 N–H and O–H groups in total. The van der Waals surface area contributed by atoms with Crippen LogP contribution in [0.15, 0.2) is 37.0 Å². The standard InChI is InChI=1S/C10H11ClO4S/c1-2-6-10(16(14,15)9(12)13)7-4-3-5-8(10)11/h2-5,7-8H,1,6H2,(H,12,13). The molecule has 0 bridgehead atoms. The van der Waals surface area contributed by atoms with E-state index in [-0.39, 0.29) is 6.42 Å². The average molecular weight is 263 g/mol. The van der Waals surface area contributed by atoms with Crippen LogP contribution in [0, 0.1) is 0 Å². The van der Waals surface area contributed by atoms with E-state index in [1.807, 2.05) is 0 Å². The third-order valence-corrected chi connectivity index (χ3v) is 5.11.